The standard InChI is InChI=1S/C25H18ClFN4O2/c26-17-8-10-19(11-9-17)28-23(32)15-31-25(33)21-14-30(13-16-4-3-5-18(27)12-16)22-7-2-1-6-20(22)24(21)29-31/h1-12,14H,13,15H2,(H,28,32). The maximum absolute atomic E-state index is 13.7. The molecule has 2 aliphatic rings. The van der Waals surface area contributed by atoms with Gasteiger partial charge in [0.15, 0.2) is 0 Å². The number of amides is 1. The summed E-state index contributed by atoms with van der Waals surface area (Å²) in [6, 6.07) is 20.6. The maximum atomic E-state index is 13.7. The second-order valence-electron chi connectivity index (χ2n) is 7.68. The van der Waals surface area contributed by atoms with E-state index in [1.807, 2.05) is 34.9 Å². The SMILES string of the molecule is O=C(Cn1nc2c3ccccc3n(Cc3cccc(F)c3)cc-2c1=O)Nc1ccc(Cl)cc1. The van der Waals surface area contributed by atoms with E-state index in [1.165, 1.54) is 12.1 Å². The number of carbonyl (C=O) groups excluding carboxylic acids is 1. The zero-order valence-electron chi connectivity index (χ0n) is 17.3. The van der Waals surface area contributed by atoms with E-state index < -0.39 is 0 Å². The topological polar surface area (TPSA) is 68.9 Å². The minimum atomic E-state index is -0.376. The molecule has 1 amide bonds. The Labute approximate surface area is 193 Å². The molecule has 0 fully saturated rings. The molecule has 33 heavy (non-hydrogen) atoms. The van der Waals surface area contributed by atoms with Gasteiger partial charge in [0.25, 0.3) is 5.56 Å². The number of anilines is 1. The number of para-hydroxylation sites is 1. The van der Waals surface area contributed by atoms with Crippen molar-refractivity contribution in [1.82, 2.24) is 14.3 Å². The lowest BCUT2D eigenvalue weighted by atomic mass is 10.1. The van der Waals surface area contributed by atoms with E-state index >= 15 is 0 Å². The summed E-state index contributed by atoms with van der Waals surface area (Å²) in [4.78, 5) is 25.6. The summed E-state index contributed by atoms with van der Waals surface area (Å²) >= 11 is 5.87. The number of aromatic nitrogens is 3. The highest BCUT2D eigenvalue weighted by Crippen LogP contribution is 2.28. The number of fused-ring (bicyclic) bond motifs is 3. The third kappa shape index (κ3) is 4.23. The van der Waals surface area contributed by atoms with Crippen molar-refractivity contribution in [2.45, 2.75) is 13.1 Å². The molecule has 164 valence electrons. The molecule has 3 aromatic carbocycles. The molecule has 3 aromatic rings. The molecule has 0 saturated carbocycles. The van der Waals surface area contributed by atoms with Crippen LogP contribution in [0.3, 0.4) is 0 Å². The van der Waals surface area contributed by atoms with Crippen molar-refractivity contribution in [2.75, 3.05) is 5.32 Å². The summed E-state index contributed by atoms with van der Waals surface area (Å²) in [6.07, 6.45) is 1.71. The van der Waals surface area contributed by atoms with Crippen LogP contribution in [0.1, 0.15) is 5.56 Å². The Balaban J connectivity index is 1.52. The van der Waals surface area contributed by atoms with Gasteiger partial charge in [0, 0.05) is 28.8 Å². The highest BCUT2D eigenvalue weighted by atomic mass is 35.5. The number of pyridine rings is 1. The number of hydrogen-bond acceptors (Lipinski definition) is 3. The fraction of sp³-hybridized carbons (Fsp3) is 0.0800. The van der Waals surface area contributed by atoms with Crippen LogP contribution in [0.25, 0.3) is 22.2 Å². The van der Waals surface area contributed by atoms with Gasteiger partial charge in [-0.1, -0.05) is 41.9 Å². The molecule has 2 heterocycles. The van der Waals surface area contributed by atoms with Gasteiger partial charge in [-0.15, -0.1) is 0 Å². The Bertz CT molecular complexity index is 1510. The van der Waals surface area contributed by atoms with E-state index in [2.05, 4.69) is 10.4 Å². The van der Waals surface area contributed by atoms with Gasteiger partial charge in [0.05, 0.1) is 11.1 Å². The first-order valence-electron chi connectivity index (χ1n) is 10.3. The zero-order chi connectivity index (χ0) is 22.9. The first-order chi connectivity index (χ1) is 16.0. The number of benzene rings is 3. The molecule has 0 aromatic heterocycles. The molecule has 1 N–H and O–H groups in total. The van der Waals surface area contributed by atoms with Gasteiger partial charge in [-0.3, -0.25) is 9.59 Å². The average Bonchev–Trinajstić information content (AvgIpc) is 3.11. The molecule has 6 nitrogen and oxygen atoms in total. The van der Waals surface area contributed by atoms with Gasteiger partial charge >= 0.3 is 0 Å². The minimum Gasteiger partial charge on any atom is -0.342 e. The van der Waals surface area contributed by atoms with E-state index in [-0.39, 0.29) is 23.8 Å². The predicted molar refractivity (Wildman–Crippen MR) is 126 cm³/mol. The Kier molecular flexibility index (Phi) is 5.40. The fourth-order valence-corrected chi connectivity index (χ4v) is 3.99. The molecular formula is C25H18ClFN4O2. The number of nitrogens with one attached hydrogen (secondary N) is 1. The van der Waals surface area contributed by atoms with Crippen LogP contribution in [0.2, 0.25) is 5.02 Å². The zero-order valence-corrected chi connectivity index (χ0v) is 18.1. The summed E-state index contributed by atoms with van der Waals surface area (Å²) < 4.78 is 16.7. The van der Waals surface area contributed by atoms with Crippen molar-refractivity contribution in [3.8, 4) is 11.3 Å². The fourth-order valence-electron chi connectivity index (χ4n) is 3.87. The van der Waals surface area contributed by atoms with Gasteiger partial charge in [0.2, 0.25) is 5.91 Å². The third-order valence-corrected chi connectivity index (χ3v) is 5.61. The average molecular weight is 461 g/mol. The second kappa shape index (κ2) is 8.52. The molecule has 5 rings (SSSR count). The highest BCUT2D eigenvalue weighted by molar-refractivity contribution is 6.30. The molecule has 0 saturated heterocycles. The summed E-state index contributed by atoms with van der Waals surface area (Å²) in [5.74, 6) is -0.693. The molecule has 0 radical (unpaired) electrons. The van der Waals surface area contributed by atoms with Crippen LogP contribution in [-0.4, -0.2) is 20.3 Å². The van der Waals surface area contributed by atoms with Crippen LogP contribution in [0.4, 0.5) is 10.1 Å². The van der Waals surface area contributed by atoms with Crippen LogP contribution in [0.5, 0.6) is 0 Å². The normalized spacial score (nSPS) is 11.2. The van der Waals surface area contributed by atoms with Crippen molar-refractivity contribution in [3.05, 3.63) is 106 Å². The maximum Gasteiger partial charge on any atom is 0.278 e. The number of nitrogens with zero attached hydrogens (tertiary/aromatic N) is 3. The number of carbonyl (C=O) groups is 1. The van der Waals surface area contributed by atoms with Gasteiger partial charge in [-0.25, -0.2) is 9.07 Å². The molecule has 0 atom stereocenters. The molecule has 2 aliphatic heterocycles. The van der Waals surface area contributed by atoms with Crippen molar-refractivity contribution < 1.29 is 9.18 Å². The summed E-state index contributed by atoms with van der Waals surface area (Å²) in [6.45, 7) is 0.157. The Hall–Kier alpha value is -3.97. The van der Waals surface area contributed by atoms with Crippen LogP contribution < -0.4 is 10.9 Å². The van der Waals surface area contributed by atoms with Crippen molar-refractivity contribution in [2.24, 2.45) is 0 Å². The van der Waals surface area contributed by atoms with Gasteiger partial charge in [-0.05, 0) is 48.0 Å². The lowest BCUT2D eigenvalue weighted by molar-refractivity contribution is -0.116. The summed E-state index contributed by atoms with van der Waals surface area (Å²) in [5.41, 5.74) is 2.74. The lowest BCUT2D eigenvalue weighted by Crippen LogP contribution is -2.26. The van der Waals surface area contributed by atoms with Crippen LogP contribution in [-0.2, 0) is 17.9 Å². The van der Waals surface area contributed by atoms with E-state index in [4.69, 9.17) is 11.6 Å². The van der Waals surface area contributed by atoms with Crippen molar-refractivity contribution in [3.63, 3.8) is 0 Å². The summed E-state index contributed by atoms with van der Waals surface area (Å²) in [5, 5.41) is 8.52. The molecule has 0 unspecified atom stereocenters. The van der Waals surface area contributed by atoms with E-state index in [0.29, 0.717) is 28.5 Å². The largest absolute Gasteiger partial charge is 0.342 e. The lowest BCUT2D eigenvalue weighted by Gasteiger charge is -2.14. The van der Waals surface area contributed by atoms with Crippen molar-refractivity contribution >= 4 is 34.1 Å². The second-order valence-corrected chi connectivity index (χ2v) is 8.12. The molecule has 0 aliphatic carbocycles. The molecule has 0 bridgehead atoms. The van der Waals surface area contributed by atoms with Gasteiger partial charge < -0.3 is 9.88 Å². The van der Waals surface area contributed by atoms with Gasteiger partial charge in [0.1, 0.15) is 18.1 Å². The number of halogens is 2. The molecule has 8 heteroatoms. The molecule has 0 spiro atoms. The molecular weight excluding hydrogens is 443 g/mol. The summed E-state index contributed by atoms with van der Waals surface area (Å²) in [7, 11) is 0. The number of rotatable bonds is 5. The minimum absolute atomic E-state index is 0.228. The van der Waals surface area contributed by atoms with Gasteiger partial charge in [-0.2, -0.15) is 5.10 Å². The monoisotopic (exact) mass is 460 g/mol. The van der Waals surface area contributed by atoms with Crippen LogP contribution in [0.15, 0.2) is 83.8 Å². The Morgan fingerprint density at radius 2 is 1.82 bits per heavy atom. The van der Waals surface area contributed by atoms with E-state index in [9.17, 15) is 14.0 Å². The number of hydrogen-bond donors (Lipinski definition) is 1. The predicted octanol–water partition coefficient (Wildman–Crippen LogP) is 4.78. The first kappa shape index (κ1) is 20.9. The Morgan fingerprint density at radius 1 is 1.03 bits per heavy atom. The first-order valence-corrected chi connectivity index (χ1v) is 10.6. The van der Waals surface area contributed by atoms with Crippen LogP contribution in [0, 0.1) is 5.82 Å². The highest BCUT2D eigenvalue weighted by Gasteiger charge is 2.21. The smallest absolute Gasteiger partial charge is 0.278 e. The quantitative estimate of drug-likeness (QED) is 0.410. The van der Waals surface area contributed by atoms with E-state index in [0.717, 1.165) is 21.1 Å². The van der Waals surface area contributed by atoms with E-state index in [1.54, 1.807) is 36.5 Å². The Morgan fingerprint density at radius 3 is 2.61 bits per heavy atom. The van der Waals surface area contributed by atoms with Crippen LogP contribution >= 0.6 is 11.6 Å². The van der Waals surface area contributed by atoms with Crippen molar-refractivity contribution in [1.29, 1.82) is 0 Å². The third-order valence-electron chi connectivity index (χ3n) is 5.36.